The second-order valence-corrected chi connectivity index (χ2v) is 5.29. The molecule has 1 aromatic carbocycles. The monoisotopic (exact) mass is 339 g/mol. The molecule has 0 saturated heterocycles. The van der Waals surface area contributed by atoms with Crippen LogP contribution < -0.4 is 0 Å². The Balaban J connectivity index is 1.93. The summed E-state index contributed by atoms with van der Waals surface area (Å²) in [6.07, 6.45) is 1.65. The number of hydrogen-bond acceptors (Lipinski definition) is 6. The summed E-state index contributed by atoms with van der Waals surface area (Å²) in [6, 6.07) is 10.5. The molecule has 0 unspecified atom stereocenters. The van der Waals surface area contributed by atoms with Crippen molar-refractivity contribution >= 4 is 23.0 Å². The van der Waals surface area contributed by atoms with Gasteiger partial charge in [0.05, 0.1) is 31.2 Å². The van der Waals surface area contributed by atoms with Crippen molar-refractivity contribution in [3.05, 3.63) is 59.4 Å². The lowest BCUT2D eigenvalue weighted by atomic mass is 10.1. The van der Waals surface area contributed by atoms with Crippen LogP contribution in [0, 0.1) is 0 Å². The molecular formula is C18H17N3O4. The summed E-state index contributed by atoms with van der Waals surface area (Å²) in [5, 5.41) is 5.01. The number of pyridine rings is 1. The zero-order chi connectivity index (χ0) is 17.8. The molecule has 7 nitrogen and oxygen atoms in total. The van der Waals surface area contributed by atoms with Gasteiger partial charge in [0.1, 0.15) is 0 Å². The van der Waals surface area contributed by atoms with Crippen molar-refractivity contribution < 1.29 is 19.1 Å². The van der Waals surface area contributed by atoms with Gasteiger partial charge in [-0.05, 0) is 36.8 Å². The first-order chi connectivity index (χ1) is 12.1. The third kappa shape index (κ3) is 3.35. The number of benzene rings is 1. The predicted octanol–water partition coefficient (Wildman–Crippen LogP) is 2.44. The van der Waals surface area contributed by atoms with Crippen molar-refractivity contribution in [2.24, 2.45) is 0 Å². The molecule has 2 aromatic heterocycles. The summed E-state index contributed by atoms with van der Waals surface area (Å²) in [5.74, 6) is -0.859. The molecule has 25 heavy (non-hydrogen) atoms. The van der Waals surface area contributed by atoms with E-state index in [9.17, 15) is 9.59 Å². The maximum absolute atomic E-state index is 12.1. The number of methoxy groups -OCH3 is 1. The average Bonchev–Trinajstić information content (AvgIpc) is 3.01. The predicted molar refractivity (Wildman–Crippen MR) is 90.4 cm³/mol. The van der Waals surface area contributed by atoms with Crippen LogP contribution in [0.5, 0.6) is 0 Å². The van der Waals surface area contributed by atoms with Gasteiger partial charge in [0.2, 0.25) is 0 Å². The van der Waals surface area contributed by atoms with Crippen LogP contribution in [0.3, 0.4) is 0 Å². The lowest BCUT2D eigenvalue weighted by molar-refractivity contribution is 0.0519. The van der Waals surface area contributed by atoms with Gasteiger partial charge in [0.15, 0.2) is 11.3 Å². The molecule has 0 radical (unpaired) electrons. The fourth-order valence-corrected chi connectivity index (χ4v) is 2.51. The molecule has 0 saturated carbocycles. The van der Waals surface area contributed by atoms with Crippen LogP contribution in [0.15, 0.2) is 42.6 Å². The number of nitrogens with zero attached hydrogens (tertiary/aromatic N) is 3. The van der Waals surface area contributed by atoms with Crippen molar-refractivity contribution in [2.75, 3.05) is 13.7 Å². The molecule has 0 fully saturated rings. The van der Waals surface area contributed by atoms with Crippen molar-refractivity contribution in [1.82, 2.24) is 14.8 Å². The number of hydrogen-bond donors (Lipinski definition) is 0. The smallest absolute Gasteiger partial charge is 0.359 e. The SMILES string of the molecule is CCOC(=O)c1nn(Cc2ccc(C(=O)OC)cc2)c2ncccc12. The lowest BCUT2D eigenvalue weighted by Crippen LogP contribution is -2.08. The third-order valence-corrected chi connectivity index (χ3v) is 3.68. The summed E-state index contributed by atoms with van der Waals surface area (Å²) in [6.45, 7) is 2.44. The Morgan fingerprint density at radius 2 is 1.88 bits per heavy atom. The van der Waals surface area contributed by atoms with E-state index in [1.165, 1.54) is 7.11 Å². The zero-order valence-electron chi connectivity index (χ0n) is 13.9. The molecule has 0 N–H and O–H groups in total. The van der Waals surface area contributed by atoms with Crippen LogP contribution in [0.1, 0.15) is 33.3 Å². The first-order valence-corrected chi connectivity index (χ1v) is 7.80. The van der Waals surface area contributed by atoms with Crippen LogP contribution in [0.25, 0.3) is 11.0 Å². The molecule has 0 spiro atoms. The maximum Gasteiger partial charge on any atom is 0.359 e. The Bertz CT molecular complexity index is 916. The molecule has 0 amide bonds. The van der Waals surface area contributed by atoms with Gasteiger partial charge in [-0.25, -0.2) is 19.3 Å². The Morgan fingerprint density at radius 3 is 2.56 bits per heavy atom. The molecule has 0 aliphatic heterocycles. The summed E-state index contributed by atoms with van der Waals surface area (Å²) in [5.41, 5.74) is 2.23. The number of aromatic nitrogens is 3. The highest BCUT2D eigenvalue weighted by Crippen LogP contribution is 2.18. The van der Waals surface area contributed by atoms with Crippen molar-refractivity contribution in [2.45, 2.75) is 13.5 Å². The molecule has 0 bridgehead atoms. The van der Waals surface area contributed by atoms with E-state index in [1.807, 2.05) is 12.1 Å². The van der Waals surface area contributed by atoms with Gasteiger partial charge in [0, 0.05) is 6.20 Å². The van der Waals surface area contributed by atoms with Crippen LogP contribution in [-0.2, 0) is 16.0 Å². The van der Waals surface area contributed by atoms with E-state index in [0.29, 0.717) is 23.1 Å². The fraction of sp³-hybridized carbons (Fsp3) is 0.222. The summed E-state index contributed by atoms with van der Waals surface area (Å²) < 4.78 is 11.4. The van der Waals surface area contributed by atoms with Crippen LogP contribution >= 0.6 is 0 Å². The molecular weight excluding hydrogens is 322 g/mol. The molecule has 128 valence electrons. The van der Waals surface area contributed by atoms with Gasteiger partial charge in [-0.1, -0.05) is 12.1 Å². The van der Waals surface area contributed by atoms with E-state index in [2.05, 4.69) is 14.8 Å². The Hall–Kier alpha value is -3.22. The van der Waals surface area contributed by atoms with E-state index in [1.54, 1.807) is 42.1 Å². The molecule has 0 aliphatic rings. The molecule has 0 atom stereocenters. The van der Waals surface area contributed by atoms with Crippen LogP contribution in [-0.4, -0.2) is 40.4 Å². The second kappa shape index (κ2) is 7.12. The standard InChI is InChI=1S/C18H17N3O4/c1-3-25-18(23)15-14-5-4-10-19-16(14)21(20-15)11-12-6-8-13(9-7-12)17(22)24-2/h4-10H,3,11H2,1-2H3. The largest absolute Gasteiger partial charge is 0.465 e. The van der Waals surface area contributed by atoms with Gasteiger partial charge in [-0.15, -0.1) is 0 Å². The van der Waals surface area contributed by atoms with Crippen molar-refractivity contribution in [3.63, 3.8) is 0 Å². The van der Waals surface area contributed by atoms with E-state index >= 15 is 0 Å². The van der Waals surface area contributed by atoms with E-state index in [-0.39, 0.29) is 18.3 Å². The molecule has 3 rings (SSSR count). The highest BCUT2D eigenvalue weighted by Gasteiger charge is 2.19. The average molecular weight is 339 g/mol. The number of fused-ring (bicyclic) bond motifs is 1. The molecule has 3 aromatic rings. The highest BCUT2D eigenvalue weighted by molar-refractivity contribution is 6.01. The third-order valence-electron chi connectivity index (χ3n) is 3.68. The highest BCUT2D eigenvalue weighted by atomic mass is 16.5. The maximum atomic E-state index is 12.1. The molecule has 2 heterocycles. The lowest BCUT2D eigenvalue weighted by Gasteiger charge is -2.04. The van der Waals surface area contributed by atoms with E-state index < -0.39 is 5.97 Å². The van der Waals surface area contributed by atoms with Gasteiger partial charge in [0.25, 0.3) is 0 Å². The summed E-state index contributed by atoms with van der Waals surface area (Å²) in [7, 11) is 1.34. The van der Waals surface area contributed by atoms with E-state index in [4.69, 9.17) is 4.74 Å². The first kappa shape index (κ1) is 16.6. The fourth-order valence-electron chi connectivity index (χ4n) is 2.51. The summed E-state index contributed by atoms with van der Waals surface area (Å²) in [4.78, 5) is 27.9. The number of ether oxygens (including phenoxy) is 2. The number of carbonyl (C=O) groups is 2. The van der Waals surface area contributed by atoms with Gasteiger partial charge in [-0.2, -0.15) is 5.10 Å². The molecule has 0 aliphatic carbocycles. The number of esters is 2. The minimum Gasteiger partial charge on any atom is -0.465 e. The topological polar surface area (TPSA) is 83.3 Å². The van der Waals surface area contributed by atoms with Crippen LogP contribution in [0.4, 0.5) is 0 Å². The minimum atomic E-state index is -0.472. The van der Waals surface area contributed by atoms with Crippen molar-refractivity contribution in [3.8, 4) is 0 Å². The normalized spacial score (nSPS) is 10.6. The Labute approximate surface area is 144 Å². The van der Waals surface area contributed by atoms with Crippen molar-refractivity contribution in [1.29, 1.82) is 0 Å². The quantitative estimate of drug-likeness (QED) is 0.664. The van der Waals surface area contributed by atoms with E-state index in [0.717, 1.165) is 5.56 Å². The number of rotatable bonds is 5. The zero-order valence-corrected chi connectivity index (χ0v) is 13.9. The van der Waals surface area contributed by atoms with Gasteiger partial charge >= 0.3 is 11.9 Å². The summed E-state index contributed by atoms with van der Waals surface area (Å²) >= 11 is 0. The number of carbonyl (C=O) groups excluding carboxylic acids is 2. The Kier molecular flexibility index (Phi) is 4.74. The van der Waals surface area contributed by atoms with Crippen LogP contribution in [0.2, 0.25) is 0 Å². The molecule has 7 heteroatoms. The van der Waals surface area contributed by atoms with Gasteiger partial charge < -0.3 is 9.47 Å². The minimum absolute atomic E-state index is 0.246. The Morgan fingerprint density at radius 1 is 1.12 bits per heavy atom. The second-order valence-electron chi connectivity index (χ2n) is 5.29. The first-order valence-electron chi connectivity index (χ1n) is 7.80. The van der Waals surface area contributed by atoms with Gasteiger partial charge in [-0.3, -0.25) is 0 Å².